The van der Waals surface area contributed by atoms with E-state index in [2.05, 4.69) is 20.8 Å². The molecule has 3 rings (SSSR count). The van der Waals surface area contributed by atoms with E-state index in [1.807, 2.05) is 0 Å². The molecule has 0 aromatic carbocycles. The Morgan fingerprint density at radius 2 is 2.20 bits per heavy atom. The van der Waals surface area contributed by atoms with Gasteiger partial charge in [-0.25, -0.2) is 0 Å². The topological polar surface area (TPSA) is 17.1 Å². The quantitative estimate of drug-likeness (QED) is 0.647. The molecule has 0 heterocycles. The first-order chi connectivity index (χ1) is 7.09. The van der Waals surface area contributed by atoms with Crippen LogP contribution in [0.5, 0.6) is 0 Å². The molecule has 3 fully saturated rings. The minimum Gasteiger partial charge on any atom is -0.303 e. The van der Waals surface area contributed by atoms with Gasteiger partial charge in [-0.15, -0.1) is 0 Å². The Balaban J connectivity index is 2.23. The van der Waals surface area contributed by atoms with Crippen LogP contribution in [-0.4, -0.2) is 6.29 Å². The lowest BCUT2D eigenvalue weighted by Gasteiger charge is -2.56. The maximum absolute atomic E-state index is 10.9. The fourth-order valence-corrected chi connectivity index (χ4v) is 4.41. The van der Waals surface area contributed by atoms with E-state index in [9.17, 15) is 4.79 Å². The summed E-state index contributed by atoms with van der Waals surface area (Å²) in [5.41, 5.74) is 0.379. The first kappa shape index (κ1) is 11.2. The van der Waals surface area contributed by atoms with E-state index < -0.39 is 0 Å². The fraction of sp³-hybridized carbons (Fsp3) is 0.929. The Morgan fingerprint density at radius 1 is 1.47 bits per heavy atom. The molecule has 4 atom stereocenters. The number of carbonyl (C=O) groups excluding carboxylic acids is 1. The molecule has 15 heavy (non-hydrogen) atoms. The predicted octanol–water partition coefficient (Wildman–Crippen LogP) is 3.67. The van der Waals surface area contributed by atoms with Crippen LogP contribution in [0.3, 0.4) is 0 Å². The molecule has 3 aliphatic carbocycles. The van der Waals surface area contributed by atoms with Gasteiger partial charge in [-0.3, -0.25) is 0 Å². The standard InChI is InChI=1S/C14H24O/c1-10(2)13-8-12-4-5-14(13,6-7-15)9-11(12)3/h7,10-13H,4-6,8-9H2,1-3H3. The summed E-state index contributed by atoms with van der Waals surface area (Å²) in [7, 11) is 0. The summed E-state index contributed by atoms with van der Waals surface area (Å²) in [6, 6.07) is 0. The molecule has 86 valence electrons. The van der Waals surface area contributed by atoms with Gasteiger partial charge in [0.25, 0.3) is 0 Å². The van der Waals surface area contributed by atoms with Crippen molar-refractivity contribution in [1.82, 2.24) is 0 Å². The normalized spacial score (nSPS) is 44.7. The summed E-state index contributed by atoms with van der Waals surface area (Å²) >= 11 is 0. The van der Waals surface area contributed by atoms with Crippen LogP contribution >= 0.6 is 0 Å². The minimum absolute atomic E-state index is 0.379. The van der Waals surface area contributed by atoms with Crippen molar-refractivity contribution in [2.24, 2.45) is 29.1 Å². The fourth-order valence-electron chi connectivity index (χ4n) is 4.41. The smallest absolute Gasteiger partial charge is 0.120 e. The van der Waals surface area contributed by atoms with Gasteiger partial charge in [0.15, 0.2) is 0 Å². The Hall–Kier alpha value is -0.330. The van der Waals surface area contributed by atoms with E-state index in [1.54, 1.807) is 0 Å². The van der Waals surface area contributed by atoms with Gasteiger partial charge in [-0.2, -0.15) is 0 Å². The monoisotopic (exact) mass is 208 g/mol. The number of fused-ring (bicyclic) bond motifs is 3. The SMILES string of the molecule is CC(C)C1CC2CCC1(CC=O)CC2C. The van der Waals surface area contributed by atoms with Gasteiger partial charge in [0, 0.05) is 6.42 Å². The van der Waals surface area contributed by atoms with Crippen molar-refractivity contribution < 1.29 is 4.79 Å². The third kappa shape index (κ3) is 1.74. The molecular weight excluding hydrogens is 184 g/mol. The zero-order valence-electron chi connectivity index (χ0n) is 10.3. The average molecular weight is 208 g/mol. The predicted molar refractivity (Wildman–Crippen MR) is 62.6 cm³/mol. The van der Waals surface area contributed by atoms with Crippen molar-refractivity contribution >= 4 is 6.29 Å². The highest BCUT2D eigenvalue weighted by atomic mass is 16.1. The van der Waals surface area contributed by atoms with E-state index in [1.165, 1.54) is 32.0 Å². The first-order valence-corrected chi connectivity index (χ1v) is 6.52. The van der Waals surface area contributed by atoms with Gasteiger partial charge >= 0.3 is 0 Å². The number of hydrogen-bond acceptors (Lipinski definition) is 1. The number of carbonyl (C=O) groups is 1. The second-order valence-corrected chi connectivity index (χ2v) is 6.30. The Labute approximate surface area is 93.6 Å². The lowest BCUT2D eigenvalue weighted by molar-refractivity contribution is -0.118. The molecule has 0 aliphatic heterocycles. The third-order valence-electron chi connectivity index (χ3n) is 5.18. The highest BCUT2D eigenvalue weighted by molar-refractivity contribution is 5.51. The minimum atomic E-state index is 0.379. The zero-order valence-corrected chi connectivity index (χ0v) is 10.3. The Bertz CT molecular complexity index is 246. The van der Waals surface area contributed by atoms with Gasteiger partial charge in [-0.1, -0.05) is 20.8 Å². The summed E-state index contributed by atoms with van der Waals surface area (Å²) in [5, 5.41) is 0. The second-order valence-electron chi connectivity index (χ2n) is 6.30. The lowest BCUT2D eigenvalue weighted by atomic mass is 9.49. The molecule has 0 radical (unpaired) electrons. The summed E-state index contributed by atoms with van der Waals surface area (Å²) in [6.45, 7) is 7.06. The summed E-state index contributed by atoms with van der Waals surface area (Å²) in [6.07, 6.45) is 7.36. The van der Waals surface area contributed by atoms with Gasteiger partial charge < -0.3 is 4.79 Å². The maximum Gasteiger partial charge on any atom is 0.120 e. The number of aldehydes is 1. The zero-order chi connectivity index (χ0) is 11.1. The Morgan fingerprint density at radius 3 is 2.73 bits per heavy atom. The molecule has 0 N–H and O–H groups in total. The summed E-state index contributed by atoms with van der Waals surface area (Å²) < 4.78 is 0. The number of rotatable bonds is 3. The first-order valence-electron chi connectivity index (χ1n) is 6.52. The van der Waals surface area contributed by atoms with Gasteiger partial charge in [0.1, 0.15) is 6.29 Å². The molecule has 1 nitrogen and oxygen atoms in total. The molecule has 2 bridgehead atoms. The van der Waals surface area contributed by atoms with Crippen LogP contribution in [-0.2, 0) is 4.79 Å². The van der Waals surface area contributed by atoms with Crippen molar-refractivity contribution in [3.05, 3.63) is 0 Å². The van der Waals surface area contributed by atoms with Crippen LogP contribution in [0.4, 0.5) is 0 Å². The maximum atomic E-state index is 10.9. The van der Waals surface area contributed by atoms with Crippen LogP contribution in [0.1, 0.15) is 52.9 Å². The highest BCUT2D eigenvalue weighted by Gasteiger charge is 2.50. The van der Waals surface area contributed by atoms with E-state index in [4.69, 9.17) is 0 Å². The molecule has 3 aliphatic rings. The highest BCUT2D eigenvalue weighted by Crippen LogP contribution is 2.59. The molecular formula is C14H24O. The molecule has 4 unspecified atom stereocenters. The van der Waals surface area contributed by atoms with Gasteiger partial charge in [0.2, 0.25) is 0 Å². The van der Waals surface area contributed by atoms with Gasteiger partial charge in [-0.05, 0) is 54.8 Å². The summed E-state index contributed by atoms with van der Waals surface area (Å²) in [4.78, 5) is 10.9. The van der Waals surface area contributed by atoms with Crippen LogP contribution in [0.25, 0.3) is 0 Å². The third-order valence-corrected chi connectivity index (χ3v) is 5.18. The molecule has 0 amide bonds. The van der Waals surface area contributed by atoms with E-state index in [0.717, 1.165) is 30.1 Å². The number of hydrogen-bond donors (Lipinski definition) is 0. The molecule has 1 heteroatoms. The average Bonchev–Trinajstić information content (AvgIpc) is 2.17. The van der Waals surface area contributed by atoms with E-state index in [-0.39, 0.29) is 0 Å². The largest absolute Gasteiger partial charge is 0.303 e. The van der Waals surface area contributed by atoms with Crippen LogP contribution in [0.2, 0.25) is 0 Å². The van der Waals surface area contributed by atoms with Crippen molar-refractivity contribution in [2.45, 2.75) is 52.9 Å². The van der Waals surface area contributed by atoms with Crippen molar-refractivity contribution in [1.29, 1.82) is 0 Å². The lowest BCUT2D eigenvalue weighted by Crippen LogP contribution is -2.48. The van der Waals surface area contributed by atoms with Crippen molar-refractivity contribution in [3.63, 3.8) is 0 Å². The molecule has 0 aromatic heterocycles. The summed E-state index contributed by atoms with van der Waals surface area (Å²) in [5.74, 6) is 3.36. The Kier molecular flexibility index (Phi) is 2.92. The van der Waals surface area contributed by atoms with Gasteiger partial charge in [0.05, 0.1) is 0 Å². The van der Waals surface area contributed by atoms with Crippen molar-refractivity contribution in [3.8, 4) is 0 Å². The van der Waals surface area contributed by atoms with E-state index >= 15 is 0 Å². The van der Waals surface area contributed by atoms with Crippen LogP contribution < -0.4 is 0 Å². The molecule has 0 spiro atoms. The van der Waals surface area contributed by atoms with Crippen LogP contribution in [0, 0.1) is 29.1 Å². The van der Waals surface area contributed by atoms with E-state index in [0.29, 0.717) is 5.41 Å². The molecule has 0 saturated heterocycles. The second kappa shape index (κ2) is 3.92. The molecule has 0 aromatic rings. The van der Waals surface area contributed by atoms with Crippen LogP contribution in [0.15, 0.2) is 0 Å². The molecule has 3 saturated carbocycles. The van der Waals surface area contributed by atoms with Crippen molar-refractivity contribution in [2.75, 3.05) is 0 Å².